The van der Waals surface area contributed by atoms with E-state index in [0.717, 1.165) is 12.5 Å². The molecule has 2 rings (SSSR count). The summed E-state index contributed by atoms with van der Waals surface area (Å²) in [5, 5.41) is 10.7. The zero-order valence-corrected chi connectivity index (χ0v) is 11.3. The highest BCUT2D eigenvalue weighted by molar-refractivity contribution is 5.37. The van der Waals surface area contributed by atoms with Gasteiger partial charge in [0.25, 0.3) is 5.69 Å². The topological polar surface area (TPSA) is 56.8 Å². The van der Waals surface area contributed by atoms with E-state index < -0.39 is 4.92 Å². The molecule has 5 nitrogen and oxygen atoms in total. The number of hydrogen-bond donors (Lipinski definition) is 1. The van der Waals surface area contributed by atoms with Crippen molar-refractivity contribution in [2.75, 3.05) is 26.2 Å². The molecule has 1 heterocycles. The van der Waals surface area contributed by atoms with Crippen LogP contribution < -0.4 is 9.64 Å². The molecular weight excluding hydrogens is 244 g/mol. The molecule has 1 aromatic carbocycles. The second kappa shape index (κ2) is 6.52. The maximum atomic E-state index is 10.7. The SMILES string of the molecule is CC1CC[NH+](CCOc2cccc([N+](=O)[O-])c2)CC1. The predicted octanol–water partition coefficient (Wildman–Crippen LogP) is 1.29. The Hall–Kier alpha value is -1.62. The fourth-order valence-corrected chi connectivity index (χ4v) is 2.42. The molecule has 0 saturated carbocycles. The lowest BCUT2D eigenvalue weighted by Gasteiger charge is -2.27. The number of nitro benzene ring substituents is 1. The number of benzene rings is 1. The Labute approximate surface area is 113 Å². The third-order valence-corrected chi connectivity index (χ3v) is 3.73. The lowest BCUT2D eigenvalue weighted by Crippen LogP contribution is -3.13. The molecule has 0 aromatic heterocycles. The molecule has 0 radical (unpaired) electrons. The van der Waals surface area contributed by atoms with Crippen LogP contribution in [0.15, 0.2) is 24.3 Å². The van der Waals surface area contributed by atoms with E-state index in [-0.39, 0.29) is 5.69 Å². The number of nitrogens with zero attached hydrogens (tertiary/aromatic N) is 1. The van der Waals surface area contributed by atoms with Gasteiger partial charge in [0.2, 0.25) is 0 Å². The number of nitrogens with one attached hydrogen (secondary N) is 1. The van der Waals surface area contributed by atoms with Gasteiger partial charge >= 0.3 is 0 Å². The number of non-ortho nitro benzene ring substituents is 1. The molecule has 1 N–H and O–H groups in total. The Bertz CT molecular complexity index is 428. The third-order valence-electron chi connectivity index (χ3n) is 3.73. The molecule has 1 aliphatic heterocycles. The number of hydrogen-bond acceptors (Lipinski definition) is 3. The Morgan fingerprint density at radius 1 is 1.42 bits per heavy atom. The van der Waals surface area contributed by atoms with Gasteiger partial charge in [0.05, 0.1) is 24.1 Å². The second-order valence-electron chi connectivity index (χ2n) is 5.29. The van der Waals surface area contributed by atoms with Crippen LogP contribution in [0.3, 0.4) is 0 Å². The van der Waals surface area contributed by atoms with Crippen LogP contribution in [0.4, 0.5) is 5.69 Å². The van der Waals surface area contributed by atoms with Gasteiger partial charge < -0.3 is 9.64 Å². The largest absolute Gasteiger partial charge is 0.487 e. The first-order chi connectivity index (χ1) is 9.15. The molecule has 0 aliphatic carbocycles. The first kappa shape index (κ1) is 13.8. The third kappa shape index (κ3) is 4.21. The van der Waals surface area contributed by atoms with Crippen LogP contribution in [0.25, 0.3) is 0 Å². The lowest BCUT2D eigenvalue weighted by atomic mass is 9.99. The smallest absolute Gasteiger partial charge is 0.273 e. The van der Waals surface area contributed by atoms with Gasteiger partial charge in [-0.05, 0) is 24.8 Å². The Morgan fingerprint density at radius 2 is 2.16 bits per heavy atom. The van der Waals surface area contributed by atoms with E-state index in [1.165, 1.54) is 38.1 Å². The summed E-state index contributed by atoms with van der Waals surface area (Å²) in [5.74, 6) is 1.43. The Kier molecular flexibility index (Phi) is 4.74. The van der Waals surface area contributed by atoms with Crippen molar-refractivity contribution in [3.05, 3.63) is 34.4 Å². The van der Waals surface area contributed by atoms with Crippen LogP contribution in [-0.2, 0) is 0 Å². The van der Waals surface area contributed by atoms with Gasteiger partial charge in [-0.3, -0.25) is 10.1 Å². The molecule has 0 spiro atoms. The van der Waals surface area contributed by atoms with Crippen LogP contribution in [0.2, 0.25) is 0 Å². The molecule has 0 bridgehead atoms. The van der Waals surface area contributed by atoms with E-state index in [0.29, 0.717) is 12.4 Å². The van der Waals surface area contributed by atoms with Crippen LogP contribution in [0.5, 0.6) is 5.75 Å². The Balaban J connectivity index is 1.76. The molecule has 104 valence electrons. The first-order valence-corrected chi connectivity index (χ1v) is 6.86. The summed E-state index contributed by atoms with van der Waals surface area (Å²) in [6.07, 6.45) is 2.57. The molecular formula is C14H21N2O3+. The van der Waals surface area contributed by atoms with E-state index in [4.69, 9.17) is 4.74 Å². The summed E-state index contributed by atoms with van der Waals surface area (Å²) < 4.78 is 5.60. The van der Waals surface area contributed by atoms with Gasteiger partial charge in [0.15, 0.2) is 0 Å². The summed E-state index contributed by atoms with van der Waals surface area (Å²) >= 11 is 0. The minimum absolute atomic E-state index is 0.0802. The van der Waals surface area contributed by atoms with Gasteiger partial charge in [-0.25, -0.2) is 0 Å². The number of quaternary nitrogens is 1. The van der Waals surface area contributed by atoms with Crippen LogP contribution >= 0.6 is 0 Å². The maximum absolute atomic E-state index is 10.7. The minimum Gasteiger partial charge on any atom is -0.487 e. The van der Waals surface area contributed by atoms with E-state index in [2.05, 4.69) is 6.92 Å². The number of rotatable bonds is 5. The standard InChI is InChI=1S/C14H20N2O3/c1-12-5-7-15(8-6-12)9-10-19-14-4-2-3-13(11-14)16(17)18/h2-4,11-12H,5-10H2,1H3/p+1. The summed E-state index contributed by atoms with van der Waals surface area (Å²) in [7, 11) is 0. The molecule has 1 fully saturated rings. The maximum Gasteiger partial charge on any atom is 0.273 e. The van der Waals surface area contributed by atoms with Crippen LogP contribution in [0, 0.1) is 16.0 Å². The van der Waals surface area contributed by atoms with Crippen LogP contribution in [-0.4, -0.2) is 31.2 Å². The second-order valence-corrected chi connectivity index (χ2v) is 5.29. The highest BCUT2D eigenvalue weighted by Crippen LogP contribution is 2.18. The summed E-state index contributed by atoms with van der Waals surface area (Å²) in [6, 6.07) is 6.38. The van der Waals surface area contributed by atoms with Crippen molar-refractivity contribution in [2.24, 2.45) is 5.92 Å². The Morgan fingerprint density at radius 3 is 2.84 bits per heavy atom. The molecule has 1 saturated heterocycles. The van der Waals surface area contributed by atoms with E-state index >= 15 is 0 Å². The molecule has 19 heavy (non-hydrogen) atoms. The van der Waals surface area contributed by atoms with E-state index in [9.17, 15) is 10.1 Å². The highest BCUT2D eigenvalue weighted by atomic mass is 16.6. The molecule has 1 aromatic rings. The minimum atomic E-state index is -0.399. The van der Waals surface area contributed by atoms with Crippen molar-refractivity contribution in [1.29, 1.82) is 0 Å². The summed E-state index contributed by atoms with van der Waals surface area (Å²) in [6.45, 7) is 6.30. The average Bonchev–Trinajstić information content (AvgIpc) is 2.41. The predicted molar refractivity (Wildman–Crippen MR) is 72.6 cm³/mol. The lowest BCUT2D eigenvalue weighted by molar-refractivity contribution is -0.906. The summed E-state index contributed by atoms with van der Waals surface area (Å²) in [4.78, 5) is 11.8. The number of piperidine rings is 1. The summed E-state index contributed by atoms with van der Waals surface area (Å²) in [5.41, 5.74) is 0.0802. The van der Waals surface area contributed by atoms with E-state index in [1.54, 1.807) is 17.0 Å². The molecule has 1 aliphatic rings. The van der Waals surface area contributed by atoms with Crippen molar-refractivity contribution < 1.29 is 14.6 Å². The normalized spacial score (nSPS) is 23.0. The number of nitro groups is 1. The fraction of sp³-hybridized carbons (Fsp3) is 0.571. The van der Waals surface area contributed by atoms with Gasteiger partial charge in [0, 0.05) is 6.07 Å². The van der Waals surface area contributed by atoms with Crippen molar-refractivity contribution in [2.45, 2.75) is 19.8 Å². The van der Waals surface area contributed by atoms with E-state index in [1.807, 2.05) is 0 Å². The van der Waals surface area contributed by atoms with Gasteiger partial charge in [0.1, 0.15) is 18.9 Å². The number of ether oxygens (including phenoxy) is 1. The van der Waals surface area contributed by atoms with Gasteiger partial charge in [-0.2, -0.15) is 0 Å². The number of likely N-dealkylation sites (tertiary alicyclic amines) is 1. The molecule has 0 amide bonds. The van der Waals surface area contributed by atoms with Gasteiger partial charge in [-0.15, -0.1) is 0 Å². The van der Waals surface area contributed by atoms with Crippen molar-refractivity contribution in [1.82, 2.24) is 0 Å². The fourth-order valence-electron chi connectivity index (χ4n) is 2.42. The molecule has 0 atom stereocenters. The zero-order chi connectivity index (χ0) is 13.7. The quantitative estimate of drug-likeness (QED) is 0.644. The van der Waals surface area contributed by atoms with Gasteiger partial charge in [-0.1, -0.05) is 13.0 Å². The zero-order valence-electron chi connectivity index (χ0n) is 11.3. The monoisotopic (exact) mass is 265 g/mol. The average molecular weight is 265 g/mol. The molecule has 5 heteroatoms. The van der Waals surface area contributed by atoms with Crippen molar-refractivity contribution >= 4 is 5.69 Å². The highest BCUT2D eigenvalue weighted by Gasteiger charge is 2.18. The van der Waals surface area contributed by atoms with Crippen molar-refractivity contribution in [3.63, 3.8) is 0 Å². The first-order valence-electron chi connectivity index (χ1n) is 6.86. The molecule has 0 unspecified atom stereocenters. The van der Waals surface area contributed by atoms with Crippen molar-refractivity contribution in [3.8, 4) is 5.75 Å². The van der Waals surface area contributed by atoms with Crippen LogP contribution in [0.1, 0.15) is 19.8 Å².